The Bertz CT molecular complexity index is 380. The summed E-state index contributed by atoms with van der Waals surface area (Å²) >= 11 is 0. The van der Waals surface area contributed by atoms with Gasteiger partial charge >= 0.3 is 0 Å². The van der Waals surface area contributed by atoms with E-state index in [2.05, 4.69) is 11.9 Å². The van der Waals surface area contributed by atoms with Crippen LogP contribution in [0.3, 0.4) is 0 Å². The molecule has 0 aliphatic carbocycles. The number of nitrogens with zero attached hydrogens (tertiary/aromatic N) is 2. The predicted octanol–water partition coefficient (Wildman–Crippen LogP) is 2.10. The molecule has 1 saturated heterocycles. The highest BCUT2D eigenvalue weighted by atomic mass is 35.5. The number of nitrogen functional groups attached to an aromatic ring is 1. The Morgan fingerprint density at radius 3 is 2.94 bits per heavy atom. The Balaban J connectivity index is 0.00000144. The lowest BCUT2D eigenvalue weighted by atomic mass is 10.1. The number of carbonyl (C=O) groups is 1. The van der Waals surface area contributed by atoms with Crippen molar-refractivity contribution in [2.75, 3.05) is 12.3 Å². The molecule has 1 amide bonds. The summed E-state index contributed by atoms with van der Waals surface area (Å²) in [6.45, 7) is 2.97. The molecule has 0 aromatic carbocycles. The first-order valence-corrected chi connectivity index (χ1v) is 5.75. The molecule has 4 nitrogen and oxygen atoms in total. The van der Waals surface area contributed by atoms with Gasteiger partial charge in [0.1, 0.15) is 5.69 Å². The Morgan fingerprint density at radius 1 is 1.59 bits per heavy atom. The number of rotatable bonds is 2. The van der Waals surface area contributed by atoms with Gasteiger partial charge in [0.05, 0.1) is 11.9 Å². The van der Waals surface area contributed by atoms with Gasteiger partial charge in [0.2, 0.25) is 0 Å². The molecular weight excluding hydrogens is 238 g/mol. The molecule has 0 bridgehead atoms. The standard InChI is InChI=1S/C12H17N3O.ClH/c1-2-10-4-3-7-15(10)12(16)11-6-5-9(13)8-14-11;/h5-6,8,10H,2-4,7,13H2,1H3;1H. The van der Waals surface area contributed by atoms with Gasteiger partial charge in [0.15, 0.2) is 0 Å². The van der Waals surface area contributed by atoms with Crippen LogP contribution in [0.25, 0.3) is 0 Å². The molecule has 5 heteroatoms. The molecular formula is C12H18ClN3O. The Labute approximate surface area is 108 Å². The monoisotopic (exact) mass is 255 g/mol. The topological polar surface area (TPSA) is 59.2 Å². The zero-order valence-electron chi connectivity index (χ0n) is 9.93. The normalized spacial score (nSPS) is 18.9. The predicted molar refractivity (Wildman–Crippen MR) is 70.2 cm³/mol. The summed E-state index contributed by atoms with van der Waals surface area (Å²) < 4.78 is 0. The molecule has 0 spiro atoms. The van der Waals surface area contributed by atoms with Crippen molar-refractivity contribution in [3.8, 4) is 0 Å². The van der Waals surface area contributed by atoms with Crippen LogP contribution < -0.4 is 5.73 Å². The molecule has 17 heavy (non-hydrogen) atoms. The van der Waals surface area contributed by atoms with Gasteiger partial charge in [-0.1, -0.05) is 6.92 Å². The first-order valence-electron chi connectivity index (χ1n) is 5.75. The van der Waals surface area contributed by atoms with Gasteiger partial charge in [-0.2, -0.15) is 0 Å². The van der Waals surface area contributed by atoms with Crippen LogP contribution in [0.2, 0.25) is 0 Å². The fourth-order valence-electron chi connectivity index (χ4n) is 2.21. The van der Waals surface area contributed by atoms with Crippen molar-refractivity contribution in [2.45, 2.75) is 32.2 Å². The highest BCUT2D eigenvalue weighted by Gasteiger charge is 2.28. The van der Waals surface area contributed by atoms with Crippen molar-refractivity contribution in [3.63, 3.8) is 0 Å². The van der Waals surface area contributed by atoms with E-state index < -0.39 is 0 Å². The van der Waals surface area contributed by atoms with E-state index in [9.17, 15) is 4.79 Å². The minimum Gasteiger partial charge on any atom is -0.397 e. The van der Waals surface area contributed by atoms with Crippen LogP contribution in [0.5, 0.6) is 0 Å². The zero-order valence-corrected chi connectivity index (χ0v) is 10.7. The van der Waals surface area contributed by atoms with Crippen LogP contribution in [-0.2, 0) is 0 Å². The number of likely N-dealkylation sites (tertiary alicyclic amines) is 1. The highest BCUT2D eigenvalue weighted by Crippen LogP contribution is 2.21. The molecule has 1 fully saturated rings. The van der Waals surface area contributed by atoms with E-state index in [1.165, 1.54) is 6.20 Å². The SMILES string of the molecule is CCC1CCCN1C(=O)c1ccc(N)cn1.Cl. The first kappa shape index (κ1) is 13.8. The number of hydrogen-bond donors (Lipinski definition) is 1. The first-order chi connectivity index (χ1) is 7.72. The van der Waals surface area contributed by atoms with E-state index in [4.69, 9.17) is 5.73 Å². The molecule has 1 aliphatic rings. The number of nitrogens with two attached hydrogens (primary N) is 1. The van der Waals surface area contributed by atoms with Crippen LogP contribution >= 0.6 is 12.4 Å². The Hall–Kier alpha value is -1.29. The van der Waals surface area contributed by atoms with Gasteiger partial charge in [-0.15, -0.1) is 12.4 Å². The second-order valence-corrected chi connectivity index (χ2v) is 4.18. The average Bonchev–Trinajstić information content (AvgIpc) is 2.77. The molecule has 94 valence electrons. The molecule has 1 aliphatic heterocycles. The number of halogens is 1. The minimum absolute atomic E-state index is 0. The Morgan fingerprint density at radius 2 is 2.35 bits per heavy atom. The highest BCUT2D eigenvalue weighted by molar-refractivity contribution is 5.92. The molecule has 1 aromatic heterocycles. The van der Waals surface area contributed by atoms with Crippen LogP contribution in [0, 0.1) is 0 Å². The third-order valence-electron chi connectivity index (χ3n) is 3.11. The van der Waals surface area contributed by atoms with Crippen LogP contribution in [0.15, 0.2) is 18.3 Å². The maximum atomic E-state index is 12.2. The van der Waals surface area contributed by atoms with Crippen molar-refractivity contribution < 1.29 is 4.79 Å². The average molecular weight is 256 g/mol. The van der Waals surface area contributed by atoms with Crippen LogP contribution in [-0.4, -0.2) is 28.4 Å². The third-order valence-corrected chi connectivity index (χ3v) is 3.11. The van der Waals surface area contributed by atoms with E-state index in [-0.39, 0.29) is 18.3 Å². The summed E-state index contributed by atoms with van der Waals surface area (Å²) in [4.78, 5) is 18.2. The summed E-state index contributed by atoms with van der Waals surface area (Å²) in [6, 6.07) is 3.80. The number of pyridine rings is 1. The van der Waals surface area contributed by atoms with Gasteiger partial charge in [0, 0.05) is 12.6 Å². The number of amides is 1. The van der Waals surface area contributed by atoms with E-state index in [1.54, 1.807) is 12.1 Å². The van der Waals surface area contributed by atoms with Gasteiger partial charge in [-0.3, -0.25) is 4.79 Å². The van der Waals surface area contributed by atoms with Crippen LogP contribution in [0.4, 0.5) is 5.69 Å². The van der Waals surface area contributed by atoms with E-state index in [1.807, 2.05) is 4.90 Å². The number of anilines is 1. The fourth-order valence-corrected chi connectivity index (χ4v) is 2.21. The molecule has 1 atom stereocenters. The molecule has 2 N–H and O–H groups in total. The molecule has 1 aromatic rings. The lowest BCUT2D eigenvalue weighted by Gasteiger charge is -2.23. The molecule has 2 heterocycles. The largest absolute Gasteiger partial charge is 0.397 e. The second kappa shape index (κ2) is 5.87. The minimum atomic E-state index is 0. The van der Waals surface area contributed by atoms with Gasteiger partial charge in [-0.25, -0.2) is 4.98 Å². The smallest absolute Gasteiger partial charge is 0.272 e. The van der Waals surface area contributed by atoms with Gasteiger partial charge in [0.25, 0.3) is 5.91 Å². The summed E-state index contributed by atoms with van der Waals surface area (Å²) in [5, 5.41) is 0. The maximum absolute atomic E-state index is 12.2. The third kappa shape index (κ3) is 2.88. The van der Waals surface area contributed by atoms with Crippen molar-refractivity contribution in [1.29, 1.82) is 0 Å². The van der Waals surface area contributed by atoms with E-state index in [0.717, 1.165) is 25.8 Å². The van der Waals surface area contributed by atoms with E-state index >= 15 is 0 Å². The van der Waals surface area contributed by atoms with Crippen LogP contribution in [0.1, 0.15) is 36.7 Å². The zero-order chi connectivity index (χ0) is 11.5. The van der Waals surface area contributed by atoms with Gasteiger partial charge < -0.3 is 10.6 Å². The lowest BCUT2D eigenvalue weighted by Crippen LogP contribution is -2.35. The Kier molecular flexibility index (Phi) is 4.75. The fraction of sp³-hybridized carbons (Fsp3) is 0.500. The maximum Gasteiger partial charge on any atom is 0.272 e. The lowest BCUT2D eigenvalue weighted by molar-refractivity contribution is 0.0728. The van der Waals surface area contributed by atoms with Crippen molar-refractivity contribution >= 4 is 24.0 Å². The summed E-state index contributed by atoms with van der Waals surface area (Å²) in [7, 11) is 0. The molecule has 0 saturated carbocycles. The number of carbonyl (C=O) groups excluding carboxylic acids is 1. The van der Waals surface area contributed by atoms with E-state index in [0.29, 0.717) is 17.4 Å². The summed E-state index contributed by atoms with van der Waals surface area (Å²) in [6.07, 6.45) is 4.75. The molecule has 2 rings (SSSR count). The summed E-state index contributed by atoms with van der Waals surface area (Å²) in [5.41, 5.74) is 6.63. The number of aromatic nitrogens is 1. The molecule has 1 unspecified atom stereocenters. The van der Waals surface area contributed by atoms with Crippen molar-refractivity contribution in [1.82, 2.24) is 9.88 Å². The quantitative estimate of drug-likeness (QED) is 0.881. The van der Waals surface area contributed by atoms with Crippen molar-refractivity contribution in [3.05, 3.63) is 24.0 Å². The van der Waals surface area contributed by atoms with Gasteiger partial charge in [-0.05, 0) is 31.4 Å². The van der Waals surface area contributed by atoms with Crippen molar-refractivity contribution in [2.24, 2.45) is 0 Å². The second-order valence-electron chi connectivity index (χ2n) is 4.18. The molecule has 0 radical (unpaired) electrons. The summed E-state index contributed by atoms with van der Waals surface area (Å²) in [5.74, 6) is 0.0318. The number of hydrogen-bond acceptors (Lipinski definition) is 3.